The van der Waals surface area contributed by atoms with Crippen LogP contribution in [0.2, 0.25) is 0 Å². The van der Waals surface area contributed by atoms with Gasteiger partial charge in [0.1, 0.15) is 6.10 Å². The molecule has 0 aromatic rings. The maximum Gasteiger partial charge on any atom is 0.220 e. The molecule has 0 saturated carbocycles. The summed E-state index contributed by atoms with van der Waals surface area (Å²) < 4.78 is 5.13. The normalized spacial score (nSPS) is 45.0. The number of hydrogen-bond acceptors (Lipinski definition) is 3. The first-order chi connectivity index (χ1) is 3.97. The molecule has 2 heterocycles. The molecule has 2 fully saturated rings. The van der Waals surface area contributed by atoms with Crippen molar-refractivity contribution in [2.75, 3.05) is 6.61 Å². The second kappa shape index (κ2) is 1.69. The largest absolute Gasteiger partial charge is 0.348 e. The van der Waals surface area contributed by atoms with Crippen LogP contribution in [-0.4, -0.2) is 19.0 Å². The van der Waals surface area contributed by atoms with E-state index in [1.807, 2.05) is 0 Å². The van der Waals surface area contributed by atoms with Gasteiger partial charge in [-0.05, 0) is 12.8 Å². The van der Waals surface area contributed by atoms with Gasteiger partial charge in [0, 0.05) is 0 Å². The SMILES string of the molecule is C1COC2OOC2C1. The zero-order valence-electron chi connectivity index (χ0n) is 4.50. The topological polar surface area (TPSA) is 27.7 Å². The summed E-state index contributed by atoms with van der Waals surface area (Å²) in [5, 5.41) is 0. The lowest BCUT2D eigenvalue weighted by Gasteiger charge is -2.37. The van der Waals surface area contributed by atoms with Crippen molar-refractivity contribution in [1.82, 2.24) is 0 Å². The predicted molar refractivity (Wildman–Crippen MR) is 24.9 cm³/mol. The fraction of sp³-hybridized carbons (Fsp3) is 1.00. The van der Waals surface area contributed by atoms with E-state index in [1.54, 1.807) is 0 Å². The lowest BCUT2D eigenvalue weighted by molar-refractivity contribution is -0.527. The van der Waals surface area contributed by atoms with E-state index in [0.29, 0.717) is 0 Å². The van der Waals surface area contributed by atoms with E-state index < -0.39 is 0 Å². The van der Waals surface area contributed by atoms with Crippen molar-refractivity contribution in [3.63, 3.8) is 0 Å². The maximum atomic E-state index is 5.13. The van der Waals surface area contributed by atoms with E-state index in [-0.39, 0.29) is 12.4 Å². The highest BCUT2D eigenvalue weighted by atomic mass is 17.3. The Morgan fingerprint density at radius 1 is 1.25 bits per heavy atom. The van der Waals surface area contributed by atoms with Crippen molar-refractivity contribution in [1.29, 1.82) is 0 Å². The molecule has 3 nitrogen and oxygen atoms in total. The van der Waals surface area contributed by atoms with Crippen LogP contribution < -0.4 is 0 Å². The van der Waals surface area contributed by atoms with Crippen molar-refractivity contribution in [2.24, 2.45) is 0 Å². The molecule has 2 unspecified atom stereocenters. The van der Waals surface area contributed by atoms with Gasteiger partial charge in [0.2, 0.25) is 6.29 Å². The molecular formula is C5H8O3. The molecule has 0 radical (unpaired) electrons. The smallest absolute Gasteiger partial charge is 0.220 e. The van der Waals surface area contributed by atoms with Crippen LogP contribution in [0.25, 0.3) is 0 Å². The third-order valence-corrected chi connectivity index (χ3v) is 1.49. The van der Waals surface area contributed by atoms with Gasteiger partial charge in [0.05, 0.1) is 6.61 Å². The number of ether oxygens (including phenoxy) is 1. The van der Waals surface area contributed by atoms with Gasteiger partial charge in [0.15, 0.2) is 0 Å². The summed E-state index contributed by atoms with van der Waals surface area (Å²) in [6.07, 6.45) is 2.39. The van der Waals surface area contributed by atoms with Crippen molar-refractivity contribution in [3.05, 3.63) is 0 Å². The van der Waals surface area contributed by atoms with Gasteiger partial charge in [-0.2, -0.15) is 0 Å². The molecule has 0 aromatic heterocycles. The summed E-state index contributed by atoms with van der Waals surface area (Å²) in [7, 11) is 0. The summed E-state index contributed by atoms with van der Waals surface area (Å²) in [5.74, 6) is 0. The van der Waals surface area contributed by atoms with E-state index in [1.165, 1.54) is 0 Å². The Balaban J connectivity index is 1.92. The molecule has 2 aliphatic rings. The van der Waals surface area contributed by atoms with E-state index in [2.05, 4.69) is 4.89 Å². The van der Waals surface area contributed by atoms with E-state index in [4.69, 9.17) is 9.62 Å². The van der Waals surface area contributed by atoms with Gasteiger partial charge in [0.25, 0.3) is 0 Å². The molecule has 8 heavy (non-hydrogen) atoms. The summed E-state index contributed by atoms with van der Waals surface area (Å²) in [6.45, 7) is 0.824. The molecule has 2 saturated heterocycles. The molecule has 46 valence electrons. The second-order valence-electron chi connectivity index (χ2n) is 2.11. The van der Waals surface area contributed by atoms with Crippen LogP contribution in [0.3, 0.4) is 0 Å². The van der Waals surface area contributed by atoms with Crippen LogP contribution in [0.4, 0.5) is 0 Å². The Bertz CT molecular complexity index is 81.7. The van der Waals surface area contributed by atoms with Gasteiger partial charge >= 0.3 is 0 Å². The minimum absolute atomic E-state index is 0.0382. The Morgan fingerprint density at radius 3 is 2.62 bits per heavy atom. The molecule has 3 heteroatoms. The molecular weight excluding hydrogens is 108 g/mol. The Hall–Kier alpha value is -0.120. The van der Waals surface area contributed by atoms with Gasteiger partial charge in [-0.3, -0.25) is 0 Å². The average Bonchev–Trinajstić information content (AvgIpc) is 1.72. The highest BCUT2D eigenvalue weighted by Crippen LogP contribution is 2.26. The third kappa shape index (κ3) is 0.555. The summed E-state index contributed by atoms with van der Waals surface area (Å²) in [6, 6.07) is 0. The number of fused-ring (bicyclic) bond motifs is 1. The lowest BCUT2D eigenvalue weighted by atomic mass is 10.1. The van der Waals surface area contributed by atoms with Crippen LogP contribution in [0.1, 0.15) is 12.8 Å². The van der Waals surface area contributed by atoms with Crippen LogP contribution in [0.5, 0.6) is 0 Å². The van der Waals surface area contributed by atoms with Crippen LogP contribution in [0, 0.1) is 0 Å². The Morgan fingerprint density at radius 2 is 2.25 bits per heavy atom. The zero-order valence-corrected chi connectivity index (χ0v) is 4.50. The summed E-state index contributed by atoms with van der Waals surface area (Å²) in [5.41, 5.74) is 0. The molecule has 0 N–H and O–H groups in total. The van der Waals surface area contributed by atoms with Gasteiger partial charge in [-0.15, -0.1) is 0 Å². The molecule has 0 aliphatic carbocycles. The van der Waals surface area contributed by atoms with E-state index in [9.17, 15) is 0 Å². The van der Waals surface area contributed by atoms with Gasteiger partial charge in [-0.25, -0.2) is 9.78 Å². The van der Waals surface area contributed by atoms with Crippen LogP contribution >= 0.6 is 0 Å². The Labute approximate surface area is 47.5 Å². The van der Waals surface area contributed by atoms with Gasteiger partial charge < -0.3 is 4.74 Å². The minimum atomic E-state index is -0.0382. The summed E-state index contributed by atoms with van der Waals surface area (Å²) in [4.78, 5) is 9.32. The molecule has 0 amide bonds. The minimum Gasteiger partial charge on any atom is -0.348 e. The van der Waals surface area contributed by atoms with E-state index in [0.717, 1.165) is 19.4 Å². The monoisotopic (exact) mass is 116 g/mol. The van der Waals surface area contributed by atoms with Gasteiger partial charge in [-0.1, -0.05) is 0 Å². The first kappa shape index (κ1) is 4.73. The molecule has 0 aromatic carbocycles. The van der Waals surface area contributed by atoms with Crippen LogP contribution in [0.15, 0.2) is 0 Å². The average molecular weight is 116 g/mol. The fourth-order valence-corrected chi connectivity index (χ4v) is 0.983. The van der Waals surface area contributed by atoms with Crippen LogP contribution in [-0.2, 0) is 14.5 Å². The van der Waals surface area contributed by atoms with Crippen molar-refractivity contribution >= 4 is 0 Å². The first-order valence-electron chi connectivity index (χ1n) is 2.90. The number of hydrogen-bond donors (Lipinski definition) is 0. The molecule has 2 rings (SSSR count). The standard InChI is InChI=1S/C5H8O3/c1-2-4-5(6-3-1)8-7-4/h4-5H,1-3H2. The molecule has 2 atom stereocenters. The highest BCUT2D eigenvalue weighted by Gasteiger charge is 2.37. The zero-order chi connectivity index (χ0) is 5.40. The highest BCUT2D eigenvalue weighted by molar-refractivity contribution is 4.69. The number of rotatable bonds is 0. The van der Waals surface area contributed by atoms with E-state index >= 15 is 0 Å². The first-order valence-corrected chi connectivity index (χ1v) is 2.90. The predicted octanol–water partition coefficient (Wildman–Crippen LogP) is 0.453. The van der Waals surface area contributed by atoms with Crippen molar-refractivity contribution in [3.8, 4) is 0 Å². The maximum absolute atomic E-state index is 5.13. The second-order valence-corrected chi connectivity index (χ2v) is 2.11. The molecule has 0 spiro atoms. The van der Waals surface area contributed by atoms with Crippen molar-refractivity contribution in [2.45, 2.75) is 25.2 Å². The Kier molecular flexibility index (Phi) is 0.997. The summed E-state index contributed by atoms with van der Waals surface area (Å²) >= 11 is 0. The fourth-order valence-electron chi connectivity index (χ4n) is 0.983. The molecule has 2 aliphatic heterocycles. The van der Waals surface area contributed by atoms with Crippen molar-refractivity contribution < 1.29 is 14.5 Å². The lowest BCUT2D eigenvalue weighted by Crippen LogP contribution is -2.47. The molecule has 0 bridgehead atoms. The quantitative estimate of drug-likeness (QED) is 0.430. The third-order valence-electron chi connectivity index (χ3n) is 1.49.